The Morgan fingerprint density at radius 2 is 1.95 bits per heavy atom. The Hall–Kier alpha value is -2.56. The largest absolute Gasteiger partial charge is 0.478 e. The van der Waals surface area contributed by atoms with Crippen LogP contribution >= 0.6 is 0 Å². The standard InChI is InChI=1S/C14H12FNO3/c1-8-2-4-10(15)7-13(8)19-12-5-3-9(14(17)18)6-11(12)16/h2-7H,16H2,1H3,(H,17,18). The van der Waals surface area contributed by atoms with Gasteiger partial charge in [-0.05, 0) is 36.8 Å². The topological polar surface area (TPSA) is 72.5 Å². The lowest BCUT2D eigenvalue weighted by molar-refractivity contribution is 0.0697. The van der Waals surface area contributed by atoms with Crippen molar-refractivity contribution in [2.45, 2.75) is 6.92 Å². The van der Waals surface area contributed by atoms with Crippen molar-refractivity contribution in [1.82, 2.24) is 0 Å². The molecule has 0 amide bonds. The van der Waals surface area contributed by atoms with Crippen LogP contribution in [-0.4, -0.2) is 11.1 Å². The van der Waals surface area contributed by atoms with Crippen LogP contribution < -0.4 is 10.5 Å². The van der Waals surface area contributed by atoms with E-state index >= 15 is 0 Å². The van der Waals surface area contributed by atoms with Crippen molar-refractivity contribution >= 4 is 11.7 Å². The van der Waals surface area contributed by atoms with E-state index < -0.39 is 11.8 Å². The zero-order chi connectivity index (χ0) is 14.0. The van der Waals surface area contributed by atoms with Crippen LogP contribution in [0.3, 0.4) is 0 Å². The summed E-state index contributed by atoms with van der Waals surface area (Å²) in [6, 6.07) is 8.30. The van der Waals surface area contributed by atoms with Gasteiger partial charge >= 0.3 is 5.97 Å². The van der Waals surface area contributed by atoms with Gasteiger partial charge in [-0.15, -0.1) is 0 Å². The van der Waals surface area contributed by atoms with Crippen LogP contribution in [0, 0.1) is 12.7 Å². The smallest absolute Gasteiger partial charge is 0.335 e. The molecule has 2 aromatic rings. The molecule has 0 atom stereocenters. The summed E-state index contributed by atoms with van der Waals surface area (Å²) >= 11 is 0. The van der Waals surface area contributed by atoms with E-state index in [9.17, 15) is 9.18 Å². The number of carboxylic acids is 1. The molecular formula is C14H12FNO3. The fraction of sp³-hybridized carbons (Fsp3) is 0.0714. The number of aromatic carboxylic acids is 1. The van der Waals surface area contributed by atoms with Crippen LogP contribution in [0.1, 0.15) is 15.9 Å². The lowest BCUT2D eigenvalue weighted by Crippen LogP contribution is -2.00. The Bertz CT molecular complexity index is 641. The highest BCUT2D eigenvalue weighted by Gasteiger charge is 2.09. The average molecular weight is 261 g/mol. The van der Waals surface area contributed by atoms with Crippen LogP contribution in [0.25, 0.3) is 0 Å². The zero-order valence-electron chi connectivity index (χ0n) is 10.2. The molecular weight excluding hydrogens is 249 g/mol. The summed E-state index contributed by atoms with van der Waals surface area (Å²) in [7, 11) is 0. The average Bonchev–Trinajstić information content (AvgIpc) is 2.36. The molecule has 5 heteroatoms. The zero-order valence-corrected chi connectivity index (χ0v) is 10.2. The van der Waals surface area contributed by atoms with Crippen molar-refractivity contribution in [1.29, 1.82) is 0 Å². The summed E-state index contributed by atoms with van der Waals surface area (Å²) in [6.07, 6.45) is 0. The Morgan fingerprint density at radius 1 is 1.21 bits per heavy atom. The first-order valence-corrected chi connectivity index (χ1v) is 5.54. The third-order valence-corrected chi connectivity index (χ3v) is 2.63. The molecule has 3 N–H and O–H groups in total. The van der Waals surface area contributed by atoms with Gasteiger partial charge in [0.1, 0.15) is 17.3 Å². The number of hydrogen-bond acceptors (Lipinski definition) is 3. The second-order valence-electron chi connectivity index (χ2n) is 4.07. The fourth-order valence-electron chi connectivity index (χ4n) is 1.58. The van der Waals surface area contributed by atoms with Gasteiger partial charge in [-0.2, -0.15) is 0 Å². The minimum absolute atomic E-state index is 0.0702. The van der Waals surface area contributed by atoms with E-state index in [1.54, 1.807) is 13.0 Å². The normalized spacial score (nSPS) is 10.2. The van der Waals surface area contributed by atoms with E-state index in [-0.39, 0.29) is 11.3 Å². The molecule has 0 heterocycles. The van der Waals surface area contributed by atoms with Gasteiger partial charge in [-0.3, -0.25) is 0 Å². The molecule has 0 aliphatic carbocycles. The van der Waals surface area contributed by atoms with Gasteiger partial charge in [0.15, 0.2) is 0 Å². The van der Waals surface area contributed by atoms with E-state index in [2.05, 4.69) is 0 Å². The number of benzene rings is 2. The number of carbonyl (C=O) groups is 1. The molecule has 0 fully saturated rings. The van der Waals surface area contributed by atoms with Crippen LogP contribution in [0.5, 0.6) is 11.5 Å². The molecule has 98 valence electrons. The predicted molar refractivity (Wildman–Crippen MR) is 69.0 cm³/mol. The summed E-state index contributed by atoms with van der Waals surface area (Å²) in [5, 5.41) is 8.82. The molecule has 0 aromatic heterocycles. The third-order valence-electron chi connectivity index (χ3n) is 2.63. The molecule has 0 radical (unpaired) electrons. The van der Waals surface area contributed by atoms with Gasteiger partial charge in [0.05, 0.1) is 11.3 Å². The van der Waals surface area contributed by atoms with Crippen LogP contribution in [-0.2, 0) is 0 Å². The minimum Gasteiger partial charge on any atom is -0.478 e. The Kier molecular flexibility index (Phi) is 3.37. The van der Waals surface area contributed by atoms with E-state index in [0.717, 1.165) is 5.56 Å². The molecule has 0 saturated heterocycles. The molecule has 2 aromatic carbocycles. The predicted octanol–water partition coefficient (Wildman–Crippen LogP) is 3.21. The second kappa shape index (κ2) is 4.97. The Labute approximate surface area is 109 Å². The number of carboxylic acid groups (broad SMARTS) is 1. The first-order valence-electron chi connectivity index (χ1n) is 5.54. The Morgan fingerprint density at radius 3 is 2.58 bits per heavy atom. The number of nitrogens with two attached hydrogens (primary N) is 1. The Balaban J connectivity index is 2.33. The molecule has 4 nitrogen and oxygen atoms in total. The van der Waals surface area contributed by atoms with Crippen molar-refractivity contribution in [3.05, 3.63) is 53.3 Å². The number of nitrogen functional groups attached to an aromatic ring is 1. The molecule has 0 unspecified atom stereocenters. The van der Waals surface area contributed by atoms with Gasteiger partial charge in [0.25, 0.3) is 0 Å². The number of aryl methyl sites for hydroxylation is 1. The molecule has 0 spiro atoms. The van der Waals surface area contributed by atoms with E-state index in [4.69, 9.17) is 15.6 Å². The SMILES string of the molecule is Cc1ccc(F)cc1Oc1ccc(C(=O)O)cc1N. The van der Waals surface area contributed by atoms with E-state index in [1.807, 2.05) is 0 Å². The quantitative estimate of drug-likeness (QED) is 0.832. The van der Waals surface area contributed by atoms with Crippen molar-refractivity contribution < 1.29 is 19.0 Å². The molecule has 19 heavy (non-hydrogen) atoms. The number of halogens is 1. The highest BCUT2D eigenvalue weighted by atomic mass is 19.1. The van der Waals surface area contributed by atoms with Crippen molar-refractivity contribution in [3.8, 4) is 11.5 Å². The molecule has 0 saturated carbocycles. The number of anilines is 1. The first kappa shape index (κ1) is 12.9. The highest BCUT2D eigenvalue weighted by Crippen LogP contribution is 2.30. The van der Waals surface area contributed by atoms with Gasteiger partial charge in [-0.1, -0.05) is 6.07 Å². The van der Waals surface area contributed by atoms with E-state index in [0.29, 0.717) is 11.5 Å². The number of ether oxygens (including phenoxy) is 1. The van der Waals surface area contributed by atoms with E-state index in [1.165, 1.54) is 30.3 Å². The fourth-order valence-corrected chi connectivity index (χ4v) is 1.58. The number of rotatable bonds is 3. The first-order chi connectivity index (χ1) is 8.97. The maximum atomic E-state index is 13.1. The number of hydrogen-bond donors (Lipinski definition) is 2. The molecule has 0 aliphatic rings. The van der Waals surface area contributed by atoms with Crippen molar-refractivity contribution in [2.75, 3.05) is 5.73 Å². The van der Waals surface area contributed by atoms with Crippen molar-refractivity contribution in [2.24, 2.45) is 0 Å². The maximum Gasteiger partial charge on any atom is 0.335 e. The van der Waals surface area contributed by atoms with Gasteiger partial charge < -0.3 is 15.6 Å². The van der Waals surface area contributed by atoms with Crippen LogP contribution in [0.15, 0.2) is 36.4 Å². The minimum atomic E-state index is -1.07. The van der Waals surface area contributed by atoms with Crippen LogP contribution in [0.2, 0.25) is 0 Å². The van der Waals surface area contributed by atoms with Crippen LogP contribution in [0.4, 0.5) is 10.1 Å². The molecule has 2 rings (SSSR count). The second-order valence-corrected chi connectivity index (χ2v) is 4.07. The third kappa shape index (κ3) is 2.82. The van der Waals surface area contributed by atoms with Gasteiger partial charge in [0.2, 0.25) is 0 Å². The summed E-state index contributed by atoms with van der Waals surface area (Å²) in [5.74, 6) is -0.852. The summed E-state index contributed by atoms with van der Waals surface area (Å²) in [6.45, 7) is 1.77. The highest BCUT2D eigenvalue weighted by molar-refractivity contribution is 5.89. The summed E-state index contributed by atoms with van der Waals surface area (Å²) in [5.41, 5.74) is 6.72. The maximum absolute atomic E-state index is 13.1. The molecule has 0 bridgehead atoms. The summed E-state index contributed by atoms with van der Waals surface area (Å²) in [4.78, 5) is 10.8. The molecule has 0 aliphatic heterocycles. The lowest BCUT2D eigenvalue weighted by atomic mass is 10.2. The lowest BCUT2D eigenvalue weighted by Gasteiger charge is -2.11. The van der Waals surface area contributed by atoms with Gasteiger partial charge in [-0.25, -0.2) is 9.18 Å². The van der Waals surface area contributed by atoms with Gasteiger partial charge in [0, 0.05) is 6.07 Å². The van der Waals surface area contributed by atoms with Crippen molar-refractivity contribution in [3.63, 3.8) is 0 Å². The summed E-state index contributed by atoms with van der Waals surface area (Å²) < 4.78 is 18.6. The monoisotopic (exact) mass is 261 g/mol.